The van der Waals surface area contributed by atoms with Gasteiger partial charge in [0.25, 0.3) is 5.91 Å². The van der Waals surface area contributed by atoms with Crippen LogP contribution in [0, 0.1) is 0 Å². The molecule has 1 fully saturated rings. The Morgan fingerprint density at radius 2 is 2.00 bits per heavy atom. The van der Waals surface area contributed by atoms with Gasteiger partial charge in [0.1, 0.15) is 0 Å². The van der Waals surface area contributed by atoms with E-state index in [1.165, 1.54) is 17.8 Å². The highest BCUT2D eigenvalue weighted by atomic mass is 32.1. The van der Waals surface area contributed by atoms with Crippen molar-refractivity contribution in [3.8, 4) is 0 Å². The van der Waals surface area contributed by atoms with Crippen LogP contribution >= 0.6 is 11.3 Å². The molecule has 1 aliphatic rings. The third kappa shape index (κ3) is 5.85. The van der Waals surface area contributed by atoms with Crippen molar-refractivity contribution in [1.29, 1.82) is 0 Å². The molecule has 7 heteroatoms. The molecule has 1 aromatic rings. The number of thiophene rings is 1. The number of nitrogens with one attached hydrogen (secondary N) is 2. The quantitative estimate of drug-likeness (QED) is 0.811. The molecule has 1 aromatic heterocycles. The van der Waals surface area contributed by atoms with Gasteiger partial charge < -0.3 is 10.1 Å². The van der Waals surface area contributed by atoms with E-state index in [2.05, 4.69) is 10.6 Å². The smallest absolute Gasteiger partial charge is 0.321 e. The second-order valence-electron chi connectivity index (χ2n) is 5.27. The molecule has 2 N–H and O–H groups in total. The number of esters is 1. The van der Waals surface area contributed by atoms with Crippen molar-refractivity contribution in [3.05, 3.63) is 22.4 Å². The minimum Gasteiger partial charge on any atom is -0.455 e. The Labute approximate surface area is 133 Å². The van der Waals surface area contributed by atoms with Gasteiger partial charge in [0.05, 0.1) is 6.42 Å². The summed E-state index contributed by atoms with van der Waals surface area (Å²) in [6.45, 7) is -0.442. The molecular formula is C15H20N2O4S. The summed E-state index contributed by atoms with van der Waals surface area (Å²) in [4.78, 5) is 35.6. The predicted molar refractivity (Wildman–Crippen MR) is 82.5 cm³/mol. The van der Waals surface area contributed by atoms with Crippen LogP contribution in [0.5, 0.6) is 0 Å². The summed E-state index contributed by atoms with van der Waals surface area (Å²) in [7, 11) is 0. The van der Waals surface area contributed by atoms with E-state index in [9.17, 15) is 14.4 Å². The molecule has 0 unspecified atom stereocenters. The van der Waals surface area contributed by atoms with E-state index in [0.717, 1.165) is 30.6 Å². The molecule has 1 aliphatic carbocycles. The maximum atomic E-state index is 11.6. The van der Waals surface area contributed by atoms with E-state index in [1.807, 2.05) is 17.5 Å². The van der Waals surface area contributed by atoms with E-state index in [-0.39, 0.29) is 12.5 Å². The minimum atomic E-state index is -0.618. The van der Waals surface area contributed by atoms with Gasteiger partial charge in [-0.2, -0.15) is 0 Å². The maximum Gasteiger partial charge on any atom is 0.321 e. The summed E-state index contributed by atoms with van der Waals surface area (Å²) in [5, 5.41) is 6.81. The maximum absolute atomic E-state index is 11.6. The van der Waals surface area contributed by atoms with E-state index in [1.54, 1.807) is 0 Å². The molecule has 1 heterocycles. The van der Waals surface area contributed by atoms with Crippen LogP contribution in [0.25, 0.3) is 0 Å². The average molecular weight is 324 g/mol. The molecule has 6 nitrogen and oxygen atoms in total. The third-order valence-corrected chi connectivity index (χ3v) is 4.33. The van der Waals surface area contributed by atoms with Crippen LogP contribution in [0.3, 0.4) is 0 Å². The number of urea groups is 1. The summed E-state index contributed by atoms with van der Waals surface area (Å²) in [5.41, 5.74) is 0. The van der Waals surface area contributed by atoms with Crippen molar-refractivity contribution in [2.75, 3.05) is 6.61 Å². The lowest BCUT2D eigenvalue weighted by atomic mass is 9.96. The average Bonchev–Trinajstić information content (AvgIpc) is 2.99. The van der Waals surface area contributed by atoms with Crippen LogP contribution in [0.15, 0.2) is 17.5 Å². The van der Waals surface area contributed by atoms with Crippen molar-refractivity contribution in [2.24, 2.45) is 0 Å². The van der Waals surface area contributed by atoms with Gasteiger partial charge in [-0.15, -0.1) is 11.3 Å². The van der Waals surface area contributed by atoms with Gasteiger partial charge in [0.2, 0.25) is 0 Å². The number of hydrogen-bond donors (Lipinski definition) is 2. The standard InChI is InChI=1S/C15H20N2O4S/c18-13(10-21-14(19)9-12-7-4-8-22-12)17-15(20)16-11-5-2-1-3-6-11/h4,7-8,11H,1-3,5-6,9-10H2,(H2,16,17,18,20). The third-order valence-electron chi connectivity index (χ3n) is 3.46. The van der Waals surface area contributed by atoms with Crippen LogP contribution < -0.4 is 10.6 Å². The molecule has 3 amide bonds. The van der Waals surface area contributed by atoms with Gasteiger partial charge >= 0.3 is 12.0 Å². The van der Waals surface area contributed by atoms with E-state index >= 15 is 0 Å². The Morgan fingerprint density at radius 1 is 1.23 bits per heavy atom. The molecule has 0 radical (unpaired) electrons. The molecule has 0 saturated heterocycles. The Hall–Kier alpha value is -1.89. The molecule has 0 atom stereocenters. The second-order valence-corrected chi connectivity index (χ2v) is 6.31. The Balaban J connectivity index is 1.62. The molecule has 22 heavy (non-hydrogen) atoms. The molecule has 0 spiro atoms. The first kappa shape index (κ1) is 16.5. The predicted octanol–water partition coefficient (Wildman–Crippen LogP) is 1.99. The normalized spacial score (nSPS) is 15.1. The zero-order chi connectivity index (χ0) is 15.8. The monoisotopic (exact) mass is 324 g/mol. The molecule has 120 valence electrons. The highest BCUT2D eigenvalue weighted by Crippen LogP contribution is 2.17. The zero-order valence-electron chi connectivity index (χ0n) is 12.3. The number of carbonyl (C=O) groups excluding carboxylic acids is 3. The number of hydrogen-bond acceptors (Lipinski definition) is 5. The highest BCUT2D eigenvalue weighted by Gasteiger charge is 2.17. The highest BCUT2D eigenvalue weighted by molar-refractivity contribution is 7.10. The van der Waals surface area contributed by atoms with Crippen LogP contribution in [0.1, 0.15) is 37.0 Å². The van der Waals surface area contributed by atoms with Crippen molar-refractivity contribution < 1.29 is 19.1 Å². The SMILES string of the molecule is O=C(COC(=O)Cc1cccs1)NC(=O)NC1CCCCC1. The van der Waals surface area contributed by atoms with E-state index in [0.29, 0.717) is 0 Å². The lowest BCUT2D eigenvalue weighted by Gasteiger charge is -2.22. The van der Waals surface area contributed by atoms with E-state index < -0.39 is 24.5 Å². The van der Waals surface area contributed by atoms with Gasteiger partial charge in [-0.25, -0.2) is 4.79 Å². The Morgan fingerprint density at radius 3 is 2.68 bits per heavy atom. The van der Waals surface area contributed by atoms with E-state index in [4.69, 9.17) is 4.74 Å². The molecule has 0 aliphatic heterocycles. The molecule has 1 saturated carbocycles. The van der Waals surface area contributed by atoms with Crippen LogP contribution in [0.2, 0.25) is 0 Å². The summed E-state index contributed by atoms with van der Waals surface area (Å²) >= 11 is 1.45. The number of ether oxygens (including phenoxy) is 1. The first-order chi connectivity index (χ1) is 10.6. The molecule has 0 aromatic carbocycles. The first-order valence-corrected chi connectivity index (χ1v) is 8.30. The lowest BCUT2D eigenvalue weighted by molar-refractivity contribution is -0.147. The van der Waals surface area contributed by atoms with Gasteiger partial charge in [-0.05, 0) is 24.3 Å². The Kier molecular flexibility index (Phi) is 6.39. The number of rotatable bonds is 5. The van der Waals surface area contributed by atoms with Gasteiger partial charge in [0.15, 0.2) is 6.61 Å². The molecule has 2 rings (SSSR count). The molecule has 0 bridgehead atoms. The fraction of sp³-hybridized carbons (Fsp3) is 0.533. The topological polar surface area (TPSA) is 84.5 Å². The van der Waals surface area contributed by atoms with Crippen LogP contribution in [-0.2, 0) is 20.7 Å². The Bertz CT molecular complexity index is 510. The number of carbonyl (C=O) groups is 3. The fourth-order valence-electron chi connectivity index (χ4n) is 2.38. The molecular weight excluding hydrogens is 304 g/mol. The lowest BCUT2D eigenvalue weighted by Crippen LogP contribution is -2.46. The first-order valence-electron chi connectivity index (χ1n) is 7.42. The summed E-state index contributed by atoms with van der Waals surface area (Å²) in [6.07, 6.45) is 5.41. The zero-order valence-corrected chi connectivity index (χ0v) is 13.1. The van der Waals surface area contributed by atoms with Crippen LogP contribution in [-0.4, -0.2) is 30.6 Å². The largest absolute Gasteiger partial charge is 0.455 e. The summed E-state index contributed by atoms with van der Waals surface area (Å²) in [5.74, 6) is -1.10. The summed E-state index contributed by atoms with van der Waals surface area (Å²) in [6, 6.07) is 3.27. The summed E-state index contributed by atoms with van der Waals surface area (Å²) < 4.78 is 4.84. The second kappa shape index (κ2) is 8.53. The van der Waals surface area contributed by atoms with Crippen molar-refractivity contribution in [1.82, 2.24) is 10.6 Å². The minimum absolute atomic E-state index is 0.128. The number of amides is 3. The van der Waals surface area contributed by atoms with Crippen molar-refractivity contribution in [3.63, 3.8) is 0 Å². The van der Waals surface area contributed by atoms with Gasteiger partial charge in [-0.3, -0.25) is 14.9 Å². The van der Waals surface area contributed by atoms with Crippen molar-refractivity contribution >= 4 is 29.2 Å². The fourth-order valence-corrected chi connectivity index (χ4v) is 3.07. The van der Waals surface area contributed by atoms with Gasteiger partial charge in [0, 0.05) is 10.9 Å². The number of imide groups is 1. The van der Waals surface area contributed by atoms with Crippen molar-refractivity contribution in [2.45, 2.75) is 44.6 Å². The van der Waals surface area contributed by atoms with Crippen LogP contribution in [0.4, 0.5) is 4.79 Å². The van der Waals surface area contributed by atoms with Gasteiger partial charge in [-0.1, -0.05) is 25.3 Å².